The zero-order valence-electron chi connectivity index (χ0n) is 7.49. The maximum Gasteiger partial charge on any atom is 0.106 e. The molecule has 0 spiro atoms. The van der Waals surface area contributed by atoms with Crippen molar-refractivity contribution in [1.29, 1.82) is 0 Å². The molecular weight excluding hydrogens is 170 g/mol. The van der Waals surface area contributed by atoms with E-state index in [0.29, 0.717) is 0 Å². The van der Waals surface area contributed by atoms with Gasteiger partial charge >= 0.3 is 0 Å². The summed E-state index contributed by atoms with van der Waals surface area (Å²) in [6.07, 6.45) is 12.8. The van der Waals surface area contributed by atoms with E-state index in [-0.39, 0.29) is 0 Å². The molecule has 1 nitrogen and oxygen atoms in total. The molecule has 0 heterocycles. The van der Waals surface area contributed by atoms with Crippen LogP contribution in [0.3, 0.4) is 0 Å². The third-order valence-electron chi connectivity index (χ3n) is 1.65. The van der Waals surface area contributed by atoms with E-state index < -0.39 is 0 Å². The van der Waals surface area contributed by atoms with E-state index in [9.17, 15) is 0 Å². The van der Waals surface area contributed by atoms with Crippen molar-refractivity contribution in [1.82, 2.24) is 0 Å². The van der Waals surface area contributed by atoms with Gasteiger partial charge in [0.1, 0.15) is 5.70 Å². The summed E-state index contributed by atoms with van der Waals surface area (Å²) in [5.41, 5.74) is 7.65. The van der Waals surface area contributed by atoms with E-state index >= 15 is 0 Å². The van der Waals surface area contributed by atoms with Crippen LogP contribution in [0, 0.1) is 11.8 Å². The molecule has 64 valence electrons. The van der Waals surface area contributed by atoms with E-state index in [0.717, 1.165) is 11.3 Å². The second-order valence-corrected chi connectivity index (χ2v) is 2.67. The van der Waals surface area contributed by atoms with Crippen molar-refractivity contribution < 1.29 is 0 Å². The quantitative estimate of drug-likeness (QED) is 0.331. The van der Waals surface area contributed by atoms with Crippen LogP contribution in [0.15, 0.2) is 64.2 Å². The van der Waals surface area contributed by atoms with Crippen molar-refractivity contribution in [3.05, 3.63) is 59.2 Å². The molecule has 0 aromatic carbocycles. The first-order valence-electron chi connectivity index (χ1n) is 4.26. The van der Waals surface area contributed by atoms with Crippen LogP contribution in [0.5, 0.6) is 0 Å². The molecule has 0 radical (unpaired) electrons. The average molecular weight is 177 g/mol. The molecule has 0 unspecified atom stereocenters. The Labute approximate surface area is 82.9 Å². The molecule has 0 aromatic heterocycles. The van der Waals surface area contributed by atoms with Crippen molar-refractivity contribution >= 4 is 6.21 Å². The van der Waals surface area contributed by atoms with Gasteiger partial charge in [0.2, 0.25) is 0 Å². The van der Waals surface area contributed by atoms with E-state index in [1.54, 1.807) is 6.21 Å². The van der Waals surface area contributed by atoms with Crippen LogP contribution in [0.4, 0.5) is 0 Å². The third kappa shape index (κ3) is 2.12. The highest BCUT2D eigenvalue weighted by Gasteiger charge is 1.87. The van der Waals surface area contributed by atoms with Crippen LogP contribution < -0.4 is 0 Å². The Balaban J connectivity index is 2.00. The minimum absolute atomic E-state index is 0.811. The number of hydrogen-bond donors (Lipinski definition) is 0. The molecule has 0 fully saturated rings. The topological polar surface area (TPSA) is 12.4 Å². The summed E-state index contributed by atoms with van der Waals surface area (Å²) in [4.78, 5) is 4.10. The first-order valence-corrected chi connectivity index (χ1v) is 4.26. The second-order valence-electron chi connectivity index (χ2n) is 2.67. The van der Waals surface area contributed by atoms with Gasteiger partial charge in [-0.2, -0.15) is 0 Å². The van der Waals surface area contributed by atoms with Crippen LogP contribution in [-0.2, 0) is 0 Å². The third-order valence-corrected chi connectivity index (χ3v) is 1.65. The van der Waals surface area contributed by atoms with Crippen LogP contribution in [0.25, 0.3) is 0 Å². The number of aliphatic imine (C=N–C) groups is 1. The predicted octanol–water partition coefficient (Wildman–Crippen LogP) is 2.32. The van der Waals surface area contributed by atoms with Gasteiger partial charge in [-0.1, -0.05) is 23.8 Å². The molecular formula is C13H7N. The smallest absolute Gasteiger partial charge is 0.106 e. The number of allylic oxidation sites excluding steroid dienone is 5. The van der Waals surface area contributed by atoms with Gasteiger partial charge in [-0.25, -0.2) is 4.99 Å². The summed E-state index contributed by atoms with van der Waals surface area (Å²) in [5, 5.41) is 0. The van der Waals surface area contributed by atoms with Crippen LogP contribution >= 0.6 is 0 Å². The van der Waals surface area contributed by atoms with Crippen LogP contribution in [0.1, 0.15) is 0 Å². The Morgan fingerprint density at radius 1 is 1.14 bits per heavy atom. The molecule has 2 rings (SSSR count). The van der Waals surface area contributed by atoms with E-state index in [2.05, 4.69) is 28.3 Å². The van der Waals surface area contributed by atoms with Gasteiger partial charge in [-0.05, 0) is 30.2 Å². The van der Waals surface area contributed by atoms with Crippen molar-refractivity contribution in [2.45, 2.75) is 0 Å². The molecule has 14 heavy (non-hydrogen) atoms. The first kappa shape index (κ1) is 8.35. The standard InChI is InChI=1S/C13H7N/c1-2-7-12(6-1)8-5-11-14-13-9-3-4-10-13/h1-4,6,9,11H. The molecule has 0 amide bonds. The van der Waals surface area contributed by atoms with Gasteiger partial charge < -0.3 is 0 Å². The predicted molar refractivity (Wildman–Crippen MR) is 57.7 cm³/mol. The maximum atomic E-state index is 4.10. The molecule has 1 heteroatoms. The lowest BCUT2D eigenvalue weighted by molar-refractivity contribution is 1.47. The number of hydrogen-bond acceptors (Lipinski definition) is 1. The molecule has 2 aliphatic carbocycles. The highest BCUT2D eigenvalue weighted by molar-refractivity contribution is 5.80. The highest BCUT2D eigenvalue weighted by atomic mass is 14.7. The van der Waals surface area contributed by atoms with E-state index in [4.69, 9.17) is 0 Å². The Hall–Kier alpha value is -2.25. The normalized spacial score (nSPS) is 16.0. The van der Waals surface area contributed by atoms with E-state index in [1.165, 1.54) is 0 Å². The van der Waals surface area contributed by atoms with Gasteiger partial charge in [0.05, 0.1) is 11.8 Å². The number of nitrogens with zero attached hydrogens (tertiary/aromatic N) is 1. The Bertz CT molecular complexity index is 515. The summed E-state index contributed by atoms with van der Waals surface area (Å²) in [6.45, 7) is 0. The SMILES string of the molecule is C1=CC=CC=1C#CC=NC1=C=CC=C1. The lowest BCUT2D eigenvalue weighted by Gasteiger charge is -1.79. The minimum Gasteiger partial charge on any atom is -0.239 e. The van der Waals surface area contributed by atoms with Crippen molar-refractivity contribution in [3.8, 4) is 11.8 Å². The molecule has 0 aromatic rings. The van der Waals surface area contributed by atoms with Gasteiger partial charge in [0.25, 0.3) is 0 Å². The Kier molecular flexibility index (Phi) is 2.46. The highest BCUT2D eigenvalue weighted by Crippen LogP contribution is 2.01. The summed E-state index contributed by atoms with van der Waals surface area (Å²) < 4.78 is 0. The van der Waals surface area contributed by atoms with Crippen molar-refractivity contribution in [2.75, 3.05) is 0 Å². The average Bonchev–Trinajstić information content (AvgIpc) is 2.86. The van der Waals surface area contributed by atoms with Gasteiger partial charge in [0.15, 0.2) is 0 Å². The molecule has 0 saturated heterocycles. The molecule has 0 bridgehead atoms. The lowest BCUT2D eigenvalue weighted by Crippen LogP contribution is -1.70. The fourth-order valence-corrected chi connectivity index (χ4v) is 1.02. The number of rotatable bonds is 1. The van der Waals surface area contributed by atoms with Gasteiger partial charge in [-0.3, -0.25) is 0 Å². The zero-order chi connectivity index (χ0) is 9.64. The Morgan fingerprint density at radius 3 is 2.71 bits per heavy atom. The fraction of sp³-hybridized carbons (Fsp3) is 0. The molecule has 0 saturated carbocycles. The molecule has 0 N–H and O–H groups in total. The summed E-state index contributed by atoms with van der Waals surface area (Å²) >= 11 is 0. The van der Waals surface area contributed by atoms with Crippen molar-refractivity contribution in [2.24, 2.45) is 4.99 Å². The van der Waals surface area contributed by atoms with Crippen LogP contribution in [-0.4, -0.2) is 6.21 Å². The fourth-order valence-electron chi connectivity index (χ4n) is 1.02. The van der Waals surface area contributed by atoms with E-state index in [1.807, 2.05) is 36.5 Å². The van der Waals surface area contributed by atoms with Gasteiger partial charge in [-0.15, -0.1) is 5.73 Å². The van der Waals surface area contributed by atoms with Crippen LogP contribution in [0.2, 0.25) is 0 Å². The molecule has 2 aliphatic rings. The van der Waals surface area contributed by atoms with Crippen molar-refractivity contribution in [3.63, 3.8) is 0 Å². The molecule has 0 aliphatic heterocycles. The summed E-state index contributed by atoms with van der Waals surface area (Å²) in [5.74, 6) is 5.75. The largest absolute Gasteiger partial charge is 0.239 e. The first-order chi connectivity index (χ1) is 6.95. The Morgan fingerprint density at radius 2 is 2.00 bits per heavy atom. The lowest BCUT2D eigenvalue weighted by atomic mass is 10.3. The minimum atomic E-state index is 0.811. The molecule has 0 atom stereocenters. The maximum absolute atomic E-state index is 4.10. The second kappa shape index (κ2) is 4.12. The summed E-state index contributed by atoms with van der Waals surface area (Å²) in [7, 11) is 0. The van der Waals surface area contributed by atoms with Gasteiger partial charge in [0, 0.05) is 0 Å². The monoisotopic (exact) mass is 177 g/mol. The summed E-state index contributed by atoms with van der Waals surface area (Å²) in [6, 6.07) is 0. The zero-order valence-corrected chi connectivity index (χ0v) is 7.49.